The van der Waals surface area contributed by atoms with Gasteiger partial charge in [0.15, 0.2) is 0 Å². The first-order chi connectivity index (χ1) is 8.97. The van der Waals surface area contributed by atoms with E-state index in [1.165, 1.54) is 6.42 Å². The van der Waals surface area contributed by atoms with Crippen molar-refractivity contribution in [3.8, 4) is 0 Å². The SMILES string of the molecule is CC1CCCC(C)N1Nc1cc(Br)cc(C(=O)O)c1. The molecule has 0 amide bonds. The van der Waals surface area contributed by atoms with Gasteiger partial charge in [-0.15, -0.1) is 0 Å². The third-order valence-corrected chi connectivity index (χ3v) is 4.05. The number of piperidine rings is 1. The van der Waals surface area contributed by atoms with Crippen molar-refractivity contribution in [1.82, 2.24) is 5.01 Å². The summed E-state index contributed by atoms with van der Waals surface area (Å²) in [6.45, 7) is 4.39. The Morgan fingerprint density at radius 1 is 1.32 bits per heavy atom. The van der Waals surface area contributed by atoms with Gasteiger partial charge in [0.2, 0.25) is 0 Å². The number of aromatic carboxylic acids is 1. The molecule has 2 atom stereocenters. The first-order valence-electron chi connectivity index (χ1n) is 6.56. The highest BCUT2D eigenvalue weighted by atomic mass is 79.9. The molecule has 1 aliphatic rings. The summed E-state index contributed by atoms with van der Waals surface area (Å²) >= 11 is 3.35. The second-order valence-corrected chi connectivity index (χ2v) is 6.10. The van der Waals surface area contributed by atoms with Crippen LogP contribution >= 0.6 is 15.9 Å². The van der Waals surface area contributed by atoms with Gasteiger partial charge in [-0.25, -0.2) is 9.80 Å². The van der Waals surface area contributed by atoms with Crippen LogP contribution in [0.2, 0.25) is 0 Å². The highest BCUT2D eigenvalue weighted by molar-refractivity contribution is 9.10. The highest BCUT2D eigenvalue weighted by Crippen LogP contribution is 2.25. The van der Waals surface area contributed by atoms with Crippen LogP contribution in [-0.2, 0) is 0 Å². The number of hydrogen-bond acceptors (Lipinski definition) is 3. The summed E-state index contributed by atoms with van der Waals surface area (Å²) < 4.78 is 0.771. The van der Waals surface area contributed by atoms with Crippen LogP contribution in [0, 0.1) is 0 Å². The first-order valence-corrected chi connectivity index (χ1v) is 7.35. The van der Waals surface area contributed by atoms with Crippen LogP contribution < -0.4 is 5.43 Å². The molecule has 1 aromatic rings. The number of carboxylic acid groups (broad SMARTS) is 1. The molecule has 0 bridgehead atoms. The van der Waals surface area contributed by atoms with Gasteiger partial charge in [0.1, 0.15) is 0 Å². The van der Waals surface area contributed by atoms with Crippen molar-refractivity contribution in [2.75, 3.05) is 5.43 Å². The van der Waals surface area contributed by atoms with Gasteiger partial charge in [0.25, 0.3) is 0 Å². The van der Waals surface area contributed by atoms with E-state index in [1.807, 2.05) is 6.07 Å². The third-order valence-electron chi connectivity index (χ3n) is 3.60. The van der Waals surface area contributed by atoms with Gasteiger partial charge in [-0.1, -0.05) is 22.4 Å². The summed E-state index contributed by atoms with van der Waals surface area (Å²) in [5.74, 6) is -0.913. The fraction of sp³-hybridized carbons (Fsp3) is 0.500. The topological polar surface area (TPSA) is 52.6 Å². The van der Waals surface area contributed by atoms with Gasteiger partial charge >= 0.3 is 5.97 Å². The number of nitrogens with zero attached hydrogens (tertiary/aromatic N) is 1. The molecule has 0 aliphatic carbocycles. The van der Waals surface area contributed by atoms with Crippen LogP contribution in [0.4, 0.5) is 5.69 Å². The van der Waals surface area contributed by atoms with E-state index in [4.69, 9.17) is 5.11 Å². The highest BCUT2D eigenvalue weighted by Gasteiger charge is 2.24. The maximum absolute atomic E-state index is 11.1. The Labute approximate surface area is 121 Å². The summed E-state index contributed by atoms with van der Waals surface area (Å²) in [7, 11) is 0. The number of hydrogen-bond donors (Lipinski definition) is 2. The number of carbonyl (C=O) groups is 1. The lowest BCUT2D eigenvalue weighted by atomic mass is 10.00. The van der Waals surface area contributed by atoms with Gasteiger partial charge in [-0.05, 0) is 44.9 Å². The van der Waals surface area contributed by atoms with Crippen molar-refractivity contribution in [2.24, 2.45) is 0 Å². The molecule has 0 saturated carbocycles. The van der Waals surface area contributed by atoms with Crippen molar-refractivity contribution in [3.05, 3.63) is 28.2 Å². The van der Waals surface area contributed by atoms with Crippen LogP contribution in [0.5, 0.6) is 0 Å². The summed E-state index contributed by atoms with van der Waals surface area (Å²) in [5, 5.41) is 11.3. The van der Waals surface area contributed by atoms with Crippen LogP contribution in [0.25, 0.3) is 0 Å². The van der Waals surface area contributed by atoms with Gasteiger partial charge in [0.05, 0.1) is 11.3 Å². The molecule has 2 unspecified atom stereocenters. The number of rotatable bonds is 3. The zero-order chi connectivity index (χ0) is 14.0. The van der Waals surface area contributed by atoms with Crippen LogP contribution in [0.15, 0.2) is 22.7 Å². The van der Waals surface area contributed by atoms with Crippen molar-refractivity contribution in [3.63, 3.8) is 0 Å². The van der Waals surface area contributed by atoms with E-state index < -0.39 is 5.97 Å². The van der Waals surface area contributed by atoms with E-state index >= 15 is 0 Å². The Balaban J connectivity index is 2.20. The monoisotopic (exact) mass is 326 g/mol. The molecule has 0 spiro atoms. The summed E-state index contributed by atoms with van der Waals surface area (Å²) in [6.07, 6.45) is 3.58. The fourth-order valence-corrected chi connectivity index (χ4v) is 3.06. The van der Waals surface area contributed by atoms with Gasteiger partial charge in [-0.2, -0.15) is 0 Å². The minimum atomic E-state index is -0.913. The molecular formula is C14H19BrN2O2. The number of nitrogens with one attached hydrogen (secondary N) is 1. The molecule has 104 valence electrons. The average Bonchev–Trinajstić information content (AvgIpc) is 2.33. The molecule has 1 aromatic carbocycles. The Morgan fingerprint density at radius 3 is 2.53 bits per heavy atom. The molecule has 19 heavy (non-hydrogen) atoms. The molecule has 2 rings (SSSR count). The summed E-state index contributed by atoms with van der Waals surface area (Å²) in [5.41, 5.74) is 4.46. The number of carboxylic acids is 1. The Bertz CT molecular complexity index is 469. The van der Waals surface area contributed by atoms with Crippen molar-refractivity contribution in [2.45, 2.75) is 45.2 Å². The van der Waals surface area contributed by atoms with Crippen LogP contribution in [0.3, 0.4) is 0 Å². The number of anilines is 1. The molecule has 0 aromatic heterocycles. The third kappa shape index (κ3) is 3.48. The lowest BCUT2D eigenvalue weighted by Crippen LogP contribution is -2.47. The molecule has 1 saturated heterocycles. The summed E-state index contributed by atoms with van der Waals surface area (Å²) in [4.78, 5) is 11.1. The lowest BCUT2D eigenvalue weighted by molar-refractivity contribution is 0.0697. The van der Waals surface area contributed by atoms with E-state index in [9.17, 15) is 4.79 Å². The lowest BCUT2D eigenvalue weighted by Gasteiger charge is -2.39. The summed E-state index contributed by atoms with van der Waals surface area (Å²) in [6, 6.07) is 6.09. The second-order valence-electron chi connectivity index (χ2n) is 5.18. The van der Waals surface area contributed by atoms with E-state index in [1.54, 1.807) is 12.1 Å². The Kier molecular flexibility index (Phi) is 4.47. The molecule has 4 nitrogen and oxygen atoms in total. The maximum Gasteiger partial charge on any atom is 0.335 e. The number of benzene rings is 1. The predicted octanol–water partition coefficient (Wildman–Crippen LogP) is 3.74. The minimum absolute atomic E-state index is 0.286. The second kappa shape index (κ2) is 5.92. The smallest absolute Gasteiger partial charge is 0.335 e. The quantitative estimate of drug-likeness (QED) is 0.888. The zero-order valence-corrected chi connectivity index (χ0v) is 12.8. The molecule has 1 aliphatic heterocycles. The van der Waals surface area contributed by atoms with Crippen molar-refractivity contribution in [1.29, 1.82) is 0 Å². The van der Waals surface area contributed by atoms with Gasteiger partial charge in [0, 0.05) is 16.6 Å². The molecule has 0 radical (unpaired) electrons. The zero-order valence-electron chi connectivity index (χ0n) is 11.2. The van der Waals surface area contributed by atoms with Gasteiger partial charge in [-0.3, -0.25) is 0 Å². The van der Waals surface area contributed by atoms with Crippen LogP contribution in [-0.4, -0.2) is 28.2 Å². The fourth-order valence-electron chi connectivity index (χ4n) is 2.57. The Morgan fingerprint density at radius 2 is 1.95 bits per heavy atom. The standard InChI is InChI=1S/C14H19BrN2O2/c1-9-4-3-5-10(2)17(9)16-13-7-11(14(18)19)6-12(15)8-13/h6-10,16H,3-5H2,1-2H3,(H,18,19). The molecule has 1 fully saturated rings. The van der Waals surface area contributed by atoms with E-state index in [-0.39, 0.29) is 5.56 Å². The largest absolute Gasteiger partial charge is 0.478 e. The van der Waals surface area contributed by atoms with E-state index in [0.29, 0.717) is 12.1 Å². The number of halogens is 1. The van der Waals surface area contributed by atoms with Gasteiger partial charge < -0.3 is 10.5 Å². The molecule has 2 N–H and O–H groups in total. The molecule has 5 heteroatoms. The Hall–Kier alpha value is -1.07. The average molecular weight is 327 g/mol. The van der Waals surface area contributed by atoms with Crippen LogP contribution in [0.1, 0.15) is 43.5 Å². The predicted molar refractivity (Wildman–Crippen MR) is 79.3 cm³/mol. The minimum Gasteiger partial charge on any atom is -0.478 e. The molecule has 1 heterocycles. The normalized spacial score (nSPS) is 24.2. The maximum atomic E-state index is 11.1. The van der Waals surface area contributed by atoms with E-state index in [2.05, 4.69) is 40.2 Å². The van der Waals surface area contributed by atoms with E-state index in [0.717, 1.165) is 23.0 Å². The number of hydrazine groups is 1. The molecular weight excluding hydrogens is 308 g/mol. The van der Waals surface area contributed by atoms with Crippen molar-refractivity contribution < 1.29 is 9.90 Å². The van der Waals surface area contributed by atoms with Crippen molar-refractivity contribution >= 4 is 27.6 Å². The first kappa shape index (κ1) is 14.3.